The number of piperazine rings is 1. The highest BCUT2D eigenvalue weighted by Crippen LogP contribution is 2.35. The molecule has 1 aromatic heterocycles. The fraction of sp³-hybridized carbons (Fsp3) is 0.421. The van der Waals surface area contributed by atoms with Gasteiger partial charge < -0.3 is 24.2 Å². The van der Waals surface area contributed by atoms with Crippen LogP contribution in [-0.4, -0.2) is 90.7 Å². The van der Waals surface area contributed by atoms with Gasteiger partial charge in [0, 0.05) is 54.9 Å². The zero-order chi connectivity index (χ0) is 32.9. The Morgan fingerprint density at radius 2 is 1.77 bits per heavy atom. The van der Waals surface area contributed by atoms with Gasteiger partial charge in [-0.05, 0) is 49.9 Å². The summed E-state index contributed by atoms with van der Waals surface area (Å²) in [5.74, 6) is 0.609. The van der Waals surface area contributed by atoms with Crippen LogP contribution in [0.5, 0.6) is 6.01 Å². The Morgan fingerprint density at radius 1 is 0.938 bits per heavy atom. The Labute approximate surface area is 282 Å². The van der Waals surface area contributed by atoms with Gasteiger partial charge in [0.1, 0.15) is 19.0 Å². The molecule has 0 spiro atoms. The number of fused-ring (bicyclic) bond motifs is 2. The second kappa shape index (κ2) is 14.6. The van der Waals surface area contributed by atoms with Crippen LogP contribution in [0.15, 0.2) is 72.8 Å². The lowest BCUT2D eigenvalue weighted by molar-refractivity contribution is -0.147. The van der Waals surface area contributed by atoms with Gasteiger partial charge in [-0.1, -0.05) is 66.7 Å². The Kier molecular flexibility index (Phi) is 9.68. The van der Waals surface area contributed by atoms with Crippen molar-refractivity contribution in [2.75, 3.05) is 62.7 Å². The van der Waals surface area contributed by atoms with Gasteiger partial charge >= 0.3 is 12.0 Å². The number of likely N-dealkylation sites (N-methyl/N-ethyl adjacent to an activating group) is 1. The number of nitriles is 1. The van der Waals surface area contributed by atoms with E-state index in [1.54, 1.807) is 0 Å². The monoisotopic (exact) mass is 645 g/mol. The average Bonchev–Trinajstić information content (AvgIpc) is 3.54. The van der Waals surface area contributed by atoms with Gasteiger partial charge in [0.2, 0.25) is 0 Å². The fourth-order valence-corrected chi connectivity index (χ4v) is 7.31. The molecule has 4 aromatic rings. The summed E-state index contributed by atoms with van der Waals surface area (Å²) in [4.78, 5) is 32.0. The van der Waals surface area contributed by atoms with Gasteiger partial charge in [0.15, 0.2) is 0 Å². The Balaban J connectivity index is 1.12. The van der Waals surface area contributed by atoms with E-state index < -0.39 is 0 Å². The van der Waals surface area contributed by atoms with Gasteiger partial charge in [-0.2, -0.15) is 15.2 Å². The molecule has 0 amide bonds. The van der Waals surface area contributed by atoms with E-state index in [9.17, 15) is 10.1 Å². The molecule has 3 aromatic carbocycles. The summed E-state index contributed by atoms with van der Waals surface area (Å²) in [5, 5.41) is 12.2. The van der Waals surface area contributed by atoms with Gasteiger partial charge in [-0.3, -0.25) is 9.69 Å². The van der Waals surface area contributed by atoms with E-state index in [0.717, 1.165) is 48.6 Å². The molecule has 10 heteroatoms. The number of likely N-dealkylation sites (tertiary alicyclic amines) is 1. The van der Waals surface area contributed by atoms with Crippen molar-refractivity contribution in [1.82, 2.24) is 19.8 Å². The lowest BCUT2D eigenvalue weighted by Crippen LogP contribution is -2.55. The maximum atomic E-state index is 12.8. The van der Waals surface area contributed by atoms with Crippen molar-refractivity contribution in [2.45, 2.75) is 50.9 Å². The summed E-state index contributed by atoms with van der Waals surface area (Å²) in [7, 11) is 2.15. The zero-order valence-corrected chi connectivity index (χ0v) is 27.6. The van der Waals surface area contributed by atoms with Crippen LogP contribution in [0, 0.1) is 11.3 Å². The van der Waals surface area contributed by atoms with Crippen LogP contribution in [0.3, 0.4) is 0 Å². The molecule has 2 fully saturated rings. The summed E-state index contributed by atoms with van der Waals surface area (Å²) in [6.45, 7) is 5.41. The first kappa shape index (κ1) is 31.9. The molecule has 0 saturated carbocycles. The molecule has 48 heavy (non-hydrogen) atoms. The van der Waals surface area contributed by atoms with Crippen LogP contribution in [-0.2, 0) is 29.1 Å². The molecule has 2 atom stereocenters. The Hall–Kier alpha value is -4.72. The van der Waals surface area contributed by atoms with Crippen LogP contribution in [0.25, 0.3) is 10.8 Å². The largest absolute Gasteiger partial charge is 0.462 e. The van der Waals surface area contributed by atoms with Crippen molar-refractivity contribution in [2.24, 2.45) is 0 Å². The third kappa shape index (κ3) is 7.08. The highest BCUT2D eigenvalue weighted by molar-refractivity contribution is 5.94. The minimum atomic E-state index is -0.282. The van der Waals surface area contributed by atoms with E-state index in [0.29, 0.717) is 51.3 Å². The number of carbonyl (C=O) groups excluding carboxylic acids is 1. The number of nitrogens with zero attached hydrogens (tertiary/aromatic N) is 7. The van der Waals surface area contributed by atoms with Crippen molar-refractivity contribution in [3.05, 3.63) is 89.6 Å². The second-order valence-electron chi connectivity index (χ2n) is 13.1. The van der Waals surface area contributed by atoms with Crippen molar-refractivity contribution in [1.29, 1.82) is 5.26 Å². The van der Waals surface area contributed by atoms with Crippen molar-refractivity contribution in [3.8, 4) is 12.1 Å². The average molecular weight is 646 g/mol. The van der Waals surface area contributed by atoms with Gasteiger partial charge in [-0.15, -0.1) is 0 Å². The number of anilines is 2. The van der Waals surface area contributed by atoms with E-state index >= 15 is 0 Å². The number of rotatable bonds is 10. The minimum Gasteiger partial charge on any atom is -0.462 e. The maximum absolute atomic E-state index is 12.8. The summed E-state index contributed by atoms with van der Waals surface area (Å²) in [5.41, 5.74) is 4.28. The normalized spacial score (nSPS) is 20.0. The minimum absolute atomic E-state index is 0.133. The Bertz CT molecular complexity index is 1770. The SMILES string of the molecule is CN1CCC[C@H]1COc1nc2c(c(N3CCN(CC(=O)OCc4ccccc4)[C@@H](CC#N)C3)n1)CCN(c1cccc3ccccc13)C2. The number of carbonyl (C=O) groups is 1. The third-order valence-electron chi connectivity index (χ3n) is 10.0. The Morgan fingerprint density at radius 3 is 2.60 bits per heavy atom. The maximum Gasteiger partial charge on any atom is 0.320 e. The molecule has 7 rings (SSSR count). The van der Waals surface area contributed by atoms with Gasteiger partial charge in [0.25, 0.3) is 0 Å². The summed E-state index contributed by atoms with van der Waals surface area (Å²) >= 11 is 0. The van der Waals surface area contributed by atoms with Gasteiger partial charge in [-0.25, -0.2) is 0 Å². The fourth-order valence-electron chi connectivity index (χ4n) is 7.31. The number of aromatic nitrogens is 2. The molecule has 0 bridgehead atoms. The zero-order valence-electron chi connectivity index (χ0n) is 27.6. The second-order valence-corrected chi connectivity index (χ2v) is 13.1. The van der Waals surface area contributed by atoms with E-state index in [1.165, 1.54) is 22.9 Å². The molecule has 4 heterocycles. The molecule has 248 valence electrons. The smallest absolute Gasteiger partial charge is 0.320 e. The number of esters is 1. The highest BCUT2D eigenvalue weighted by atomic mass is 16.5. The number of ether oxygens (including phenoxy) is 2. The van der Waals surface area contributed by atoms with Crippen LogP contribution >= 0.6 is 0 Å². The highest BCUT2D eigenvalue weighted by Gasteiger charge is 2.33. The molecule has 3 aliphatic rings. The van der Waals surface area contributed by atoms with Gasteiger partial charge in [0.05, 0.1) is 31.3 Å². The standard InChI is InChI=1S/C38H43N7O3/c1-42-19-8-13-31(42)27-48-38-40-34-24-44(35-15-7-12-29-11-5-6-14-32(29)35)20-17-33(34)37(41-38)45-22-21-43(30(23-45)16-18-39)25-36(46)47-26-28-9-3-2-4-10-28/h2-7,9-12,14-15,30-31H,8,13,16-17,19-27H2,1H3/t30-,31-/m0/s1. The molecule has 2 saturated heterocycles. The third-order valence-corrected chi connectivity index (χ3v) is 10.0. The van der Waals surface area contributed by atoms with Crippen molar-refractivity contribution < 1.29 is 14.3 Å². The molecular formula is C38H43N7O3. The summed E-state index contributed by atoms with van der Waals surface area (Å²) in [6.07, 6.45) is 3.39. The van der Waals surface area contributed by atoms with Crippen molar-refractivity contribution >= 4 is 28.2 Å². The molecule has 0 unspecified atom stereocenters. The van der Waals surface area contributed by atoms with E-state index in [2.05, 4.69) is 75.2 Å². The van der Waals surface area contributed by atoms with E-state index in [1.807, 2.05) is 30.3 Å². The lowest BCUT2D eigenvalue weighted by atomic mass is 10.0. The molecule has 0 N–H and O–H groups in total. The molecule has 0 radical (unpaired) electrons. The topological polar surface area (TPSA) is 98.1 Å². The van der Waals surface area contributed by atoms with E-state index in [4.69, 9.17) is 19.4 Å². The van der Waals surface area contributed by atoms with E-state index in [-0.39, 0.29) is 25.2 Å². The predicted octanol–water partition coefficient (Wildman–Crippen LogP) is 4.81. The number of hydrogen-bond donors (Lipinski definition) is 0. The first-order valence-corrected chi connectivity index (χ1v) is 17.1. The number of hydrogen-bond acceptors (Lipinski definition) is 10. The number of benzene rings is 3. The molecule has 0 aliphatic carbocycles. The molecule has 3 aliphatic heterocycles. The van der Waals surface area contributed by atoms with Crippen LogP contribution < -0.4 is 14.5 Å². The van der Waals surface area contributed by atoms with Crippen LogP contribution in [0.2, 0.25) is 0 Å². The van der Waals surface area contributed by atoms with Crippen LogP contribution in [0.4, 0.5) is 11.5 Å². The first-order valence-electron chi connectivity index (χ1n) is 17.1. The molecular weight excluding hydrogens is 602 g/mol. The molecule has 10 nitrogen and oxygen atoms in total. The van der Waals surface area contributed by atoms with Crippen LogP contribution in [0.1, 0.15) is 36.1 Å². The quantitative estimate of drug-likeness (QED) is 0.224. The lowest BCUT2D eigenvalue weighted by Gasteiger charge is -2.42. The van der Waals surface area contributed by atoms with Crippen molar-refractivity contribution in [3.63, 3.8) is 0 Å². The first-order chi connectivity index (χ1) is 23.6. The predicted molar refractivity (Wildman–Crippen MR) is 186 cm³/mol. The summed E-state index contributed by atoms with van der Waals surface area (Å²) < 4.78 is 11.9. The summed E-state index contributed by atoms with van der Waals surface area (Å²) in [6, 6.07) is 27.7.